The number of aromatic nitrogens is 4. The monoisotopic (exact) mass is 349 g/mol. The first-order chi connectivity index (χ1) is 11.1. The van der Waals surface area contributed by atoms with Gasteiger partial charge in [-0.25, -0.2) is 0 Å². The number of carbonyl (C=O) groups is 1. The molecule has 2 aromatic heterocycles. The quantitative estimate of drug-likeness (QED) is 0.758. The first kappa shape index (κ1) is 15.9. The predicted molar refractivity (Wildman–Crippen MR) is 91.8 cm³/mol. The predicted octanol–water partition coefficient (Wildman–Crippen LogP) is 3.88. The smallest absolute Gasteiger partial charge is 0.236 e. The molecule has 1 aromatic carbocycles. The standard InChI is InChI=1S/C15H16ClN5OS/c1-3-9(4-2)13(22)17-14-20-21-12(18-19-15(21)23-14)10-5-7-11(16)8-6-10/h5-9H,3-4H2,1-2H3,(H,17,20,22). The SMILES string of the molecule is CCC(CC)C(=O)Nc1nn2c(-c3ccc(Cl)cc3)nnc2s1. The average Bonchev–Trinajstić information content (AvgIpc) is 3.09. The van der Waals surface area contributed by atoms with E-state index in [0.717, 1.165) is 18.4 Å². The summed E-state index contributed by atoms with van der Waals surface area (Å²) in [5.74, 6) is 0.615. The molecular weight excluding hydrogens is 334 g/mol. The molecule has 3 aromatic rings. The van der Waals surface area contributed by atoms with E-state index < -0.39 is 0 Å². The number of nitrogens with zero attached hydrogens (tertiary/aromatic N) is 4. The molecule has 0 saturated heterocycles. The molecule has 120 valence electrons. The summed E-state index contributed by atoms with van der Waals surface area (Å²) in [4.78, 5) is 12.8. The van der Waals surface area contributed by atoms with Crippen LogP contribution in [-0.2, 0) is 4.79 Å². The van der Waals surface area contributed by atoms with E-state index in [0.29, 0.717) is 20.9 Å². The van der Waals surface area contributed by atoms with Gasteiger partial charge in [0.25, 0.3) is 0 Å². The second-order valence-corrected chi connectivity index (χ2v) is 6.53. The Morgan fingerprint density at radius 1 is 1.26 bits per heavy atom. The number of amides is 1. The highest BCUT2D eigenvalue weighted by molar-refractivity contribution is 7.20. The van der Waals surface area contributed by atoms with Gasteiger partial charge in [-0.05, 0) is 37.1 Å². The van der Waals surface area contributed by atoms with Crippen LogP contribution in [0.4, 0.5) is 5.13 Å². The van der Waals surface area contributed by atoms with Crippen molar-refractivity contribution in [2.24, 2.45) is 5.92 Å². The summed E-state index contributed by atoms with van der Waals surface area (Å²) < 4.78 is 1.64. The van der Waals surface area contributed by atoms with E-state index in [1.807, 2.05) is 26.0 Å². The molecule has 8 heteroatoms. The fraction of sp³-hybridized carbons (Fsp3) is 0.333. The Hall–Kier alpha value is -1.99. The molecule has 23 heavy (non-hydrogen) atoms. The van der Waals surface area contributed by atoms with Gasteiger partial charge in [0.15, 0.2) is 5.82 Å². The molecule has 0 aliphatic carbocycles. The first-order valence-corrected chi connectivity index (χ1v) is 8.60. The van der Waals surface area contributed by atoms with Crippen LogP contribution in [0.1, 0.15) is 26.7 Å². The fourth-order valence-corrected chi connectivity index (χ4v) is 3.18. The third-order valence-corrected chi connectivity index (χ3v) is 4.75. The molecule has 1 amide bonds. The van der Waals surface area contributed by atoms with E-state index in [1.165, 1.54) is 11.3 Å². The molecule has 0 radical (unpaired) electrons. The van der Waals surface area contributed by atoms with E-state index in [-0.39, 0.29) is 11.8 Å². The topological polar surface area (TPSA) is 72.2 Å². The zero-order valence-electron chi connectivity index (χ0n) is 12.8. The third-order valence-electron chi connectivity index (χ3n) is 3.68. The molecular formula is C15H16ClN5OS. The van der Waals surface area contributed by atoms with Gasteiger partial charge in [0.05, 0.1) is 0 Å². The van der Waals surface area contributed by atoms with Crippen LogP contribution < -0.4 is 5.32 Å². The summed E-state index contributed by atoms with van der Waals surface area (Å²) >= 11 is 7.21. The second kappa shape index (κ2) is 6.64. The van der Waals surface area contributed by atoms with Crippen molar-refractivity contribution in [3.05, 3.63) is 29.3 Å². The van der Waals surface area contributed by atoms with Crippen molar-refractivity contribution in [3.63, 3.8) is 0 Å². The number of carbonyl (C=O) groups excluding carboxylic acids is 1. The van der Waals surface area contributed by atoms with E-state index in [1.54, 1.807) is 16.6 Å². The van der Waals surface area contributed by atoms with Crippen LogP contribution >= 0.6 is 22.9 Å². The number of rotatable bonds is 5. The first-order valence-electron chi connectivity index (χ1n) is 7.41. The minimum absolute atomic E-state index is 0.0000760. The summed E-state index contributed by atoms with van der Waals surface area (Å²) in [5, 5.41) is 16.7. The summed E-state index contributed by atoms with van der Waals surface area (Å²) in [6.45, 7) is 4.01. The van der Waals surface area contributed by atoms with E-state index in [2.05, 4.69) is 20.6 Å². The summed E-state index contributed by atoms with van der Waals surface area (Å²) in [6, 6.07) is 7.31. The molecule has 1 N–H and O–H groups in total. The van der Waals surface area contributed by atoms with Crippen LogP contribution in [-0.4, -0.2) is 25.7 Å². The molecule has 0 aliphatic rings. The number of benzene rings is 1. The van der Waals surface area contributed by atoms with Gasteiger partial charge < -0.3 is 5.32 Å². The van der Waals surface area contributed by atoms with Crippen molar-refractivity contribution in [1.29, 1.82) is 0 Å². The molecule has 0 spiro atoms. The highest BCUT2D eigenvalue weighted by Crippen LogP contribution is 2.25. The van der Waals surface area contributed by atoms with Gasteiger partial charge in [-0.15, -0.1) is 15.3 Å². The second-order valence-electron chi connectivity index (χ2n) is 5.13. The highest BCUT2D eigenvalue weighted by Gasteiger charge is 2.18. The summed E-state index contributed by atoms with van der Waals surface area (Å²) in [6.07, 6.45) is 1.62. The lowest BCUT2D eigenvalue weighted by atomic mass is 10.0. The third kappa shape index (κ3) is 3.20. The Balaban J connectivity index is 1.88. The Kier molecular flexibility index (Phi) is 4.58. The number of hydrogen-bond acceptors (Lipinski definition) is 5. The largest absolute Gasteiger partial charge is 0.300 e. The zero-order chi connectivity index (χ0) is 16.4. The Morgan fingerprint density at radius 3 is 2.61 bits per heavy atom. The number of halogens is 1. The van der Waals surface area contributed by atoms with Gasteiger partial charge >= 0.3 is 0 Å². The van der Waals surface area contributed by atoms with Gasteiger partial charge in [-0.1, -0.05) is 36.8 Å². The van der Waals surface area contributed by atoms with Crippen molar-refractivity contribution < 1.29 is 4.79 Å². The van der Waals surface area contributed by atoms with Crippen LogP contribution in [0.15, 0.2) is 24.3 Å². The van der Waals surface area contributed by atoms with Crippen LogP contribution in [0.5, 0.6) is 0 Å². The van der Waals surface area contributed by atoms with Crippen LogP contribution in [0.3, 0.4) is 0 Å². The fourth-order valence-electron chi connectivity index (χ4n) is 2.31. The van der Waals surface area contributed by atoms with Crippen molar-refractivity contribution in [3.8, 4) is 11.4 Å². The molecule has 2 heterocycles. The lowest BCUT2D eigenvalue weighted by molar-refractivity contribution is -0.120. The Labute approximate surface area is 142 Å². The number of nitrogens with one attached hydrogen (secondary N) is 1. The van der Waals surface area contributed by atoms with Crippen LogP contribution in [0.25, 0.3) is 16.3 Å². The number of fused-ring (bicyclic) bond motifs is 1. The van der Waals surface area contributed by atoms with Crippen molar-refractivity contribution in [2.45, 2.75) is 26.7 Å². The minimum Gasteiger partial charge on any atom is -0.300 e. The summed E-state index contributed by atoms with van der Waals surface area (Å²) in [7, 11) is 0. The Bertz CT molecular complexity index is 822. The van der Waals surface area contributed by atoms with Crippen LogP contribution in [0.2, 0.25) is 5.02 Å². The summed E-state index contributed by atoms with van der Waals surface area (Å²) in [5.41, 5.74) is 0.866. The zero-order valence-corrected chi connectivity index (χ0v) is 14.4. The lowest BCUT2D eigenvalue weighted by Crippen LogP contribution is -2.21. The van der Waals surface area contributed by atoms with E-state index >= 15 is 0 Å². The minimum atomic E-state index is -0.00648. The maximum absolute atomic E-state index is 12.2. The lowest BCUT2D eigenvalue weighted by Gasteiger charge is -2.10. The van der Waals surface area contributed by atoms with E-state index in [9.17, 15) is 4.79 Å². The van der Waals surface area contributed by atoms with Gasteiger partial charge in [-0.2, -0.15) is 4.52 Å². The molecule has 6 nitrogen and oxygen atoms in total. The highest BCUT2D eigenvalue weighted by atomic mass is 35.5. The van der Waals surface area contributed by atoms with Gasteiger partial charge in [0, 0.05) is 16.5 Å². The normalized spacial score (nSPS) is 11.3. The average molecular weight is 350 g/mol. The van der Waals surface area contributed by atoms with Gasteiger partial charge in [0.2, 0.25) is 16.0 Å². The van der Waals surface area contributed by atoms with Crippen molar-refractivity contribution >= 4 is 38.9 Å². The van der Waals surface area contributed by atoms with Gasteiger partial charge in [0.1, 0.15) is 0 Å². The molecule has 0 aliphatic heterocycles. The maximum Gasteiger partial charge on any atom is 0.236 e. The maximum atomic E-state index is 12.2. The molecule has 0 bridgehead atoms. The van der Waals surface area contributed by atoms with Crippen LogP contribution in [0, 0.1) is 5.92 Å². The number of anilines is 1. The molecule has 0 fully saturated rings. The Morgan fingerprint density at radius 2 is 1.96 bits per heavy atom. The van der Waals surface area contributed by atoms with Crippen molar-refractivity contribution in [1.82, 2.24) is 19.8 Å². The number of hydrogen-bond donors (Lipinski definition) is 1. The van der Waals surface area contributed by atoms with E-state index in [4.69, 9.17) is 11.6 Å². The molecule has 0 unspecified atom stereocenters. The molecule has 0 atom stereocenters. The van der Waals surface area contributed by atoms with Crippen molar-refractivity contribution in [2.75, 3.05) is 5.32 Å². The van der Waals surface area contributed by atoms with Gasteiger partial charge in [-0.3, -0.25) is 4.79 Å². The molecule has 3 rings (SSSR count). The molecule has 0 saturated carbocycles.